The second kappa shape index (κ2) is 6.56. The highest BCUT2D eigenvalue weighted by atomic mass is 32.2. The Hall–Kier alpha value is -1.11. The van der Waals surface area contributed by atoms with Gasteiger partial charge >= 0.3 is 10.1 Å². The Morgan fingerprint density at radius 1 is 1.20 bits per heavy atom. The average molecular weight is 299 g/mol. The fraction of sp³-hybridized carbons (Fsp3) is 0.571. The molecule has 1 aromatic carbocycles. The summed E-state index contributed by atoms with van der Waals surface area (Å²) in [6.07, 6.45) is 0.271. The fourth-order valence-corrected chi connectivity index (χ4v) is 3.34. The van der Waals surface area contributed by atoms with E-state index in [1.54, 1.807) is 24.3 Å². The van der Waals surface area contributed by atoms with Crippen LogP contribution >= 0.6 is 0 Å². The normalized spacial score (nSPS) is 24.5. The number of para-hydroxylation sites is 1. The first-order valence-electron chi connectivity index (χ1n) is 6.79. The van der Waals surface area contributed by atoms with Crippen LogP contribution < -0.4 is 4.18 Å². The molecule has 2 rings (SSSR count). The highest BCUT2D eigenvalue weighted by molar-refractivity contribution is 7.87. The molecule has 1 aliphatic rings. The van der Waals surface area contributed by atoms with Gasteiger partial charge in [0.1, 0.15) is 5.75 Å². The molecular weight excluding hydrogens is 278 g/mol. The van der Waals surface area contributed by atoms with Crippen LogP contribution in [0, 0.1) is 0 Å². The van der Waals surface area contributed by atoms with Crippen LogP contribution in [0.25, 0.3) is 0 Å². The molecule has 0 bridgehead atoms. The molecule has 0 radical (unpaired) electrons. The molecule has 0 aliphatic carbocycles. The zero-order chi connectivity index (χ0) is 14.6. The molecule has 0 amide bonds. The average Bonchev–Trinajstić information content (AvgIpc) is 2.36. The van der Waals surface area contributed by atoms with Crippen molar-refractivity contribution < 1.29 is 17.3 Å². The summed E-state index contributed by atoms with van der Waals surface area (Å²) in [6.45, 7) is 5.97. The number of nitrogens with zero attached hydrogens (tertiary/aromatic N) is 1. The summed E-state index contributed by atoms with van der Waals surface area (Å²) in [5.74, 6) is 0.345. The first-order chi connectivity index (χ1) is 9.44. The minimum Gasteiger partial charge on any atom is -0.382 e. The monoisotopic (exact) mass is 299 g/mol. The molecule has 6 heteroatoms. The van der Waals surface area contributed by atoms with Gasteiger partial charge < -0.3 is 8.92 Å². The van der Waals surface area contributed by atoms with Gasteiger partial charge in [-0.05, 0) is 26.0 Å². The zero-order valence-electron chi connectivity index (χ0n) is 11.9. The van der Waals surface area contributed by atoms with Gasteiger partial charge in [-0.25, -0.2) is 0 Å². The van der Waals surface area contributed by atoms with Crippen molar-refractivity contribution in [3.8, 4) is 5.75 Å². The second-order valence-electron chi connectivity index (χ2n) is 5.18. The predicted octanol–water partition coefficient (Wildman–Crippen LogP) is 1.50. The Kier molecular flexibility index (Phi) is 5.01. The van der Waals surface area contributed by atoms with Crippen molar-refractivity contribution in [2.24, 2.45) is 0 Å². The van der Waals surface area contributed by atoms with Gasteiger partial charge in [0.05, 0.1) is 18.0 Å². The zero-order valence-corrected chi connectivity index (χ0v) is 12.7. The van der Waals surface area contributed by atoms with Gasteiger partial charge in [-0.1, -0.05) is 18.2 Å². The van der Waals surface area contributed by atoms with E-state index in [2.05, 4.69) is 4.90 Å². The van der Waals surface area contributed by atoms with Crippen LogP contribution in [0.15, 0.2) is 30.3 Å². The summed E-state index contributed by atoms with van der Waals surface area (Å²) in [5, 5.41) is 0. The van der Waals surface area contributed by atoms with E-state index < -0.39 is 10.1 Å². The van der Waals surface area contributed by atoms with Gasteiger partial charge in [0, 0.05) is 19.6 Å². The summed E-state index contributed by atoms with van der Waals surface area (Å²) < 4.78 is 34.5. The van der Waals surface area contributed by atoms with Gasteiger partial charge in [0.15, 0.2) is 0 Å². The van der Waals surface area contributed by atoms with Crippen LogP contribution in [0.1, 0.15) is 13.8 Å². The molecule has 0 aromatic heterocycles. The molecule has 0 N–H and O–H groups in total. The maximum absolute atomic E-state index is 11.9. The number of hydrogen-bond donors (Lipinski definition) is 0. The number of ether oxygens (including phenoxy) is 1. The highest BCUT2D eigenvalue weighted by Crippen LogP contribution is 2.13. The second-order valence-corrected chi connectivity index (χ2v) is 6.87. The van der Waals surface area contributed by atoms with Crippen LogP contribution in [-0.2, 0) is 14.9 Å². The van der Waals surface area contributed by atoms with Gasteiger partial charge in [-0.3, -0.25) is 4.90 Å². The Labute approximate surface area is 120 Å². The summed E-state index contributed by atoms with van der Waals surface area (Å²) in [4.78, 5) is 2.10. The van der Waals surface area contributed by atoms with Crippen LogP contribution in [-0.4, -0.2) is 50.9 Å². The molecule has 1 aliphatic heterocycles. The van der Waals surface area contributed by atoms with Crippen LogP contribution in [0.2, 0.25) is 0 Å². The molecule has 20 heavy (non-hydrogen) atoms. The van der Waals surface area contributed by atoms with Gasteiger partial charge in [0.2, 0.25) is 0 Å². The van der Waals surface area contributed by atoms with Crippen LogP contribution in [0.5, 0.6) is 5.75 Å². The third kappa shape index (κ3) is 4.77. The maximum Gasteiger partial charge on any atom is 0.310 e. The van der Waals surface area contributed by atoms with Crippen molar-refractivity contribution in [2.75, 3.05) is 25.4 Å². The van der Waals surface area contributed by atoms with E-state index in [1.165, 1.54) is 0 Å². The number of hydrogen-bond acceptors (Lipinski definition) is 5. The SMILES string of the molecule is CC1CN(CCS(=O)(=O)Oc2ccccc2)CC(C)O1. The number of benzene rings is 1. The molecule has 112 valence electrons. The Bertz CT molecular complexity index is 507. The van der Waals surface area contributed by atoms with Crippen molar-refractivity contribution in [1.82, 2.24) is 4.90 Å². The lowest BCUT2D eigenvalue weighted by Crippen LogP contribution is -2.47. The van der Waals surface area contributed by atoms with E-state index in [-0.39, 0.29) is 18.0 Å². The van der Waals surface area contributed by atoms with Gasteiger partial charge in [-0.2, -0.15) is 8.42 Å². The lowest BCUT2D eigenvalue weighted by molar-refractivity contribution is -0.0662. The summed E-state index contributed by atoms with van der Waals surface area (Å²) in [7, 11) is -3.55. The first-order valence-corrected chi connectivity index (χ1v) is 8.37. The Balaban J connectivity index is 1.86. The van der Waals surface area contributed by atoms with E-state index in [9.17, 15) is 8.42 Å². The van der Waals surface area contributed by atoms with Crippen LogP contribution in [0.3, 0.4) is 0 Å². The topological polar surface area (TPSA) is 55.8 Å². The van der Waals surface area contributed by atoms with E-state index in [0.29, 0.717) is 12.3 Å². The van der Waals surface area contributed by atoms with Gasteiger partial charge in [0.25, 0.3) is 0 Å². The number of rotatable bonds is 5. The van der Waals surface area contributed by atoms with Gasteiger partial charge in [-0.15, -0.1) is 0 Å². The van der Waals surface area contributed by atoms with E-state index in [0.717, 1.165) is 13.1 Å². The molecule has 2 atom stereocenters. The molecule has 2 unspecified atom stereocenters. The molecule has 1 heterocycles. The van der Waals surface area contributed by atoms with Crippen molar-refractivity contribution in [3.63, 3.8) is 0 Å². The smallest absolute Gasteiger partial charge is 0.310 e. The molecule has 5 nitrogen and oxygen atoms in total. The molecule has 1 fully saturated rings. The highest BCUT2D eigenvalue weighted by Gasteiger charge is 2.24. The third-order valence-corrected chi connectivity index (χ3v) is 4.25. The van der Waals surface area contributed by atoms with Crippen molar-refractivity contribution >= 4 is 10.1 Å². The minimum absolute atomic E-state index is 0.0126. The summed E-state index contributed by atoms with van der Waals surface area (Å²) >= 11 is 0. The number of morpholine rings is 1. The minimum atomic E-state index is -3.55. The molecular formula is C14H21NO4S. The molecule has 1 saturated heterocycles. The van der Waals surface area contributed by atoms with Crippen molar-refractivity contribution in [3.05, 3.63) is 30.3 Å². The van der Waals surface area contributed by atoms with E-state index in [1.807, 2.05) is 19.9 Å². The quantitative estimate of drug-likeness (QED) is 0.771. The summed E-state index contributed by atoms with van der Waals surface area (Å²) in [5.41, 5.74) is 0. The standard InChI is InChI=1S/C14H21NO4S/c1-12-10-15(11-13(2)18-12)8-9-20(16,17)19-14-6-4-3-5-7-14/h3-7,12-13H,8-11H2,1-2H3. The largest absolute Gasteiger partial charge is 0.382 e. The van der Waals surface area contributed by atoms with Crippen molar-refractivity contribution in [1.29, 1.82) is 0 Å². The van der Waals surface area contributed by atoms with Crippen LogP contribution in [0.4, 0.5) is 0 Å². The van der Waals surface area contributed by atoms with Crippen molar-refractivity contribution in [2.45, 2.75) is 26.1 Å². The molecule has 0 spiro atoms. The molecule has 1 aromatic rings. The Morgan fingerprint density at radius 3 is 2.40 bits per heavy atom. The fourth-order valence-electron chi connectivity index (χ4n) is 2.37. The summed E-state index contributed by atoms with van der Waals surface area (Å²) in [6, 6.07) is 8.58. The van der Waals surface area contributed by atoms with E-state index >= 15 is 0 Å². The molecule has 0 saturated carbocycles. The lowest BCUT2D eigenvalue weighted by atomic mass is 10.2. The Morgan fingerprint density at radius 2 is 1.80 bits per heavy atom. The lowest BCUT2D eigenvalue weighted by Gasteiger charge is -2.35. The van der Waals surface area contributed by atoms with E-state index in [4.69, 9.17) is 8.92 Å². The maximum atomic E-state index is 11.9. The third-order valence-electron chi connectivity index (χ3n) is 3.12. The first kappa shape index (κ1) is 15.3. The predicted molar refractivity (Wildman–Crippen MR) is 77.3 cm³/mol.